The van der Waals surface area contributed by atoms with Crippen molar-refractivity contribution >= 4 is 18.1 Å². The second-order valence-corrected chi connectivity index (χ2v) is 4.00. The highest BCUT2D eigenvalue weighted by atomic mass is 16.4. The summed E-state index contributed by atoms with van der Waals surface area (Å²) < 4.78 is 0. The van der Waals surface area contributed by atoms with E-state index in [-0.39, 0.29) is 0 Å². The number of anilines is 1. The molecule has 19 heavy (non-hydrogen) atoms. The third-order valence-electron chi connectivity index (χ3n) is 2.80. The summed E-state index contributed by atoms with van der Waals surface area (Å²) in [6.07, 6.45) is 0.543. The van der Waals surface area contributed by atoms with Gasteiger partial charge in [-0.3, -0.25) is 9.69 Å². The van der Waals surface area contributed by atoms with E-state index < -0.39 is 12.0 Å². The van der Waals surface area contributed by atoms with Gasteiger partial charge in [-0.1, -0.05) is 48.5 Å². The van der Waals surface area contributed by atoms with Crippen molar-refractivity contribution in [3.63, 3.8) is 0 Å². The first-order chi connectivity index (χ1) is 9.24. The molecule has 0 saturated heterocycles. The smallest absolute Gasteiger partial charge is 0.331 e. The van der Waals surface area contributed by atoms with Crippen molar-refractivity contribution in [1.82, 2.24) is 0 Å². The van der Waals surface area contributed by atoms with E-state index in [9.17, 15) is 14.7 Å². The van der Waals surface area contributed by atoms with Crippen LogP contribution in [-0.2, 0) is 9.59 Å². The second-order valence-electron chi connectivity index (χ2n) is 4.00. The summed E-state index contributed by atoms with van der Waals surface area (Å²) in [6, 6.07) is 16.4. The maximum absolute atomic E-state index is 11.5. The number of hydrogen-bond donors (Lipinski definition) is 1. The van der Waals surface area contributed by atoms with Crippen LogP contribution in [0.2, 0.25) is 0 Å². The Labute approximate surface area is 110 Å². The Kier molecular flexibility index (Phi) is 3.93. The third kappa shape index (κ3) is 2.80. The van der Waals surface area contributed by atoms with E-state index in [0.29, 0.717) is 17.7 Å². The van der Waals surface area contributed by atoms with E-state index >= 15 is 0 Å². The zero-order chi connectivity index (χ0) is 13.7. The van der Waals surface area contributed by atoms with E-state index in [1.165, 1.54) is 4.90 Å². The molecule has 1 atom stereocenters. The first kappa shape index (κ1) is 12.8. The molecule has 0 radical (unpaired) electrons. The third-order valence-corrected chi connectivity index (χ3v) is 2.80. The molecule has 1 amide bonds. The lowest BCUT2D eigenvalue weighted by Gasteiger charge is -2.25. The fourth-order valence-electron chi connectivity index (χ4n) is 1.93. The lowest BCUT2D eigenvalue weighted by molar-refractivity contribution is -0.139. The number of carboxylic acids is 1. The monoisotopic (exact) mass is 255 g/mol. The predicted molar refractivity (Wildman–Crippen MR) is 71.8 cm³/mol. The molecule has 1 N–H and O–H groups in total. The van der Waals surface area contributed by atoms with Crippen LogP contribution in [0.15, 0.2) is 60.7 Å². The van der Waals surface area contributed by atoms with Gasteiger partial charge in [0, 0.05) is 5.69 Å². The van der Waals surface area contributed by atoms with Crippen molar-refractivity contribution in [2.75, 3.05) is 4.90 Å². The highest BCUT2D eigenvalue weighted by molar-refractivity contribution is 5.89. The molecule has 0 heterocycles. The first-order valence-corrected chi connectivity index (χ1v) is 5.80. The minimum Gasteiger partial charge on any atom is -0.479 e. The van der Waals surface area contributed by atoms with Crippen LogP contribution in [0.25, 0.3) is 0 Å². The number of nitrogens with zero attached hydrogens (tertiary/aromatic N) is 1. The van der Waals surface area contributed by atoms with Gasteiger partial charge in [-0.2, -0.15) is 0 Å². The van der Waals surface area contributed by atoms with Crippen molar-refractivity contribution < 1.29 is 14.7 Å². The summed E-state index contributed by atoms with van der Waals surface area (Å²) in [5.74, 6) is -1.07. The fraction of sp³-hybridized carbons (Fsp3) is 0.0667. The molecule has 4 nitrogen and oxygen atoms in total. The van der Waals surface area contributed by atoms with Crippen molar-refractivity contribution in [2.24, 2.45) is 0 Å². The normalized spacial score (nSPS) is 11.6. The summed E-state index contributed by atoms with van der Waals surface area (Å²) >= 11 is 0. The predicted octanol–water partition coefficient (Wildman–Crippen LogP) is 2.48. The second kappa shape index (κ2) is 5.82. The van der Waals surface area contributed by atoms with Gasteiger partial charge in [-0.05, 0) is 17.7 Å². The van der Waals surface area contributed by atoms with Crippen LogP contribution in [0.3, 0.4) is 0 Å². The lowest BCUT2D eigenvalue weighted by Crippen LogP contribution is -2.33. The first-order valence-electron chi connectivity index (χ1n) is 5.80. The quantitative estimate of drug-likeness (QED) is 0.835. The minimum absolute atomic E-state index is 0.543. The van der Waals surface area contributed by atoms with Crippen LogP contribution in [0, 0.1) is 0 Å². The number of amides is 1. The SMILES string of the molecule is O=CN(c1ccccc1)C(C(=O)O)c1ccccc1. The molecule has 2 rings (SSSR count). The largest absolute Gasteiger partial charge is 0.479 e. The summed E-state index contributed by atoms with van der Waals surface area (Å²) in [5, 5.41) is 9.39. The van der Waals surface area contributed by atoms with Crippen LogP contribution in [0.1, 0.15) is 11.6 Å². The number of carbonyl (C=O) groups is 2. The topological polar surface area (TPSA) is 57.6 Å². The van der Waals surface area contributed by atoms with E-state index in [1.807, 2.05) is 6.07 Å². The van der Waals surface area contributed by atoms with Gasteiger partial charge < -0.3 is 5.11 Å². The molecule has 96 valence electrons. The van der Waals surface area contributed by atoms with Crippen LogP contribution in [0.4, 0.5) is 5.69 Å². The Balaban J connectivity index is 2.43. The number of para-hydroxylation sites is 1. The van der Waals surface area contributed by atoms with E-state index in [4.69, 9.17) is 0 Å². The maximum Gasteiger partial charge on any atom is 0.331 e. The number of hydrogen-bond acceptors (Lipinski definition) is 2. The molecule has 2 aromatic rings. The van der Waals surface area contributed by atoms with Crippen LogP contribution >= 0.6 is 0 Å². The fourth-order valence-corrected chi connectivity index (χ4v) is 1.93. The molecular formula is C15H13NO3. The average Bonchev–Trinajstić information content (AvgIpc) is 2.46. The Morgan fingerprint density at radius 2 is 1.53 bits per heavy atom. The zero-order valence-electron chi connectivity index (χ0n) is 10.1. The Morgan fingerprint density at radius 1 is 1.00 bits per heavy atom. The van der Waals surface area contributed by atoms with Crippen LogP contribution in [-0.4, -0.2) is 17.5 Å². The number of benzene rings is 2. The Morgan fingerprint density at radius 3 is 2.00 bits per heavy atom. The average molecular weight is 255 g/mol. The molecular weight excluding hydrogens is 242 g/mol. The van der Waals surface area contributed by atoms with E-state index in [2.05, 4.69) is 0 Å². The van der Waals surface area contributed by atoms with Crippen molar-refractivity contribution in [1.29, 1.82) is 0 Å². The van der Waals surface area contributed by atoms with Gasteiger partial charge in [0.25, 0.3) is 0 Å². The summed E-state index contributed by atoms with van der Waals surface area (Å²) in [4.78, 5) is 24.0. The standard InChI is InChI=1S/C15H13NO3/c17-11-16(13-9-5-2-6-10-13)14(15(18)19)12-7-3-1-4-8-12/h1-11,14H,(H,18,19). The lowest BCUT2D eigenvalue weighted by atomic mass is 10.1. The summed E-state index contributed by atoms with van der Waals surface area (Å²) in [6.45, 7) is 0. The minimum atomic E-state index is -1.07. The summed E-state index contributed by atoms with van der Waals surface area (Å²) in [7, 11) is 0. The maximum atomic E-state index is 11.5. The highest BCUT2D eigenvalue weighted by Crippen LogP contribution is 2.25. The molecule has 0 fully saturated rings. The van der Waals surface area contributed by atoms with Crippen LogP contribution in [0.5, 0.6) is 0 Å². The van der Waals surface area contributed by atoms with E-state index in [1.54, 1.807) is 54.6 Å². The van der Waals surface area contributed by atoms with Crippen molar-refractivity contribution in [2.45, 2.75) is 6.04 Å². The van der Waals surface area contributed by atoms with Crippen LogP contribution < -0.4 is 4.90 Å². The highest BCUT2D eigenvalue weighted by Gasteiger charge is 2.27. The van der Waals surface area contributed by atoms with Gasteiger partial charge in [0.05, 0.1) is 0 Å². The molecule has 0 spiro atoms. The number of rotatable bonds is 5. The molecule has 0 bridgehead atoms. The zero-order valence-corrected chi connectivity index (χ0v) is 10.1. The summed E-state index contributed by atoms with van der Waals surface area (Å²) in [5.41, 5.74) is 1.11. The van der Waals surface area contributed by atoms with Gasteiger partial charge in [0.1, 0.15) is 0 Å². The molecule has 0 aliphatic rings. The van der Waals surface area contributed by atoms with Gasteiger partial charge in [0.15, 0.2) is 6.04 Å². The number of aliphatic carboxylic acids is 1. The van der Waals surface area contributed by atoms with Crippen molar-refractivity contribution in [3.8, 4) is 0 Å². The van der Waals surface area contributed by atoms with Gasteiger partial charge in [-0.15, -0.1) is 0 Å². The molecule has 0 aliphatic heterocycles. The molecule has 4 heteroatoms. The van der Waals surface area contributed by atoms with Gasteiger partial charge in [-0.25, -0.2) is 4.79 Å². The van der Waals surface area contributed by atoms with Crippen molar-refractivity contribution in [3.05, 3.63) is 66.2 Å². The Hall–Kier alpha value is -2.62. The number of carboxylic acid groups (broad SMARTS) is 1. The molecule has 1 unspecified atom stereocenters. The molecule has 2 aromatic carbocycles. The Bertz CT molecular complexity index is 554. The molecule has 0 saturated carbocycles. The van der Waals surface area contributed by atoms with Gasteiger partial charge in [0.2, 0.25) is 6.41 Å². The van der Waals surface area contributed by atoms with E-state index in [0.717, 1.165) is 0 Å². The number of carbonyl (C=O) groups excluding carboxylic acids is 1. The van der Waals surface area contributed by atoms with Gasteiger partial charge >= 0.3 is 5.97 Å². The molecule has 0 aliphatic carbocycles. The molecule has 0 aromatic heterocycles.